The molecule has 192 valence electrons. The van der Waals surface area contributed by atoms with Gasteiger partial charge in [-0.25, -0.2) is 0 Å². The van der Waals surface area contributed by atoms with Crippen LogP contribution in [0.2, 0.25) is 0 Å². The number of anilines is 2. The molecular weight excluding hydrogens is 460 g/mol. The maximum atomic E-state index is 13.9. The van der Waals surface area contributed by atoms with Crippen molar-refractivity contribution in [3.05, 3.63) is 94.7 Å². The molecule has 37 heavy (non-hydrogen) atoms. The molecule has 0 amide bonds. The highest BCUT2D eigenvalue weighted by molar-refractivity contribution is 6.01. The maximum Gasteiger partial charge on any atom is 0.163 e. The van der Waals surface area contributed by atoms with Crippen LogP contribution in [0.3, 0.4) is 0 Å². The lowest BCUT2D eigenvalue weighted by molar-refractivity contribution is -0.116. The summed E-state index contributed by atoms with van der Waals surface area (Å²) in [6, 6.07) is 22.6. The van der Waals surface area contributed by atoms with E-state index in [0.717, 1.165) is 41.1 Å². The van der Waals surface area contributed by atoms with Crippen molar-refractivity contribution in [3.8, 4) is 11.5 Å². The second-order valence-corrected chi connectivity index (χ2v) is 10.1. The lowest BCUT2D eigenvalue weighted by Crippen LogP contribution is -2.27. The average molecular weight is 497 g/mol. The number of ether oxygens (including phenoxy) is 2. The quantitative estimate of drug-likeness (QED) is 0.357. The van der Waals surface area contributed by atoms with E-state index in [-0.39, 0.29) is 23.8 Å². The molecule has 5 nitrogen and oxygen atoms in total. The third-order valence-electron chi connectivity index (χ3n) is 7.13. The van der Waals surface area contributed by atoms with Crippen molar-refractivity contribution in [2.24, 2.45) is 0 Å². The van der Waals surface area contributed by atoms with E-state index in [1.54, 1.807) is 0 Å². The lowest BCUT2D eigenvalue weighted by Gasteiger charge is -2.30. The molecule has 2 unspecified atom stereocenters. The van der Waals surface area contributed by atoms with E-state index >= 15 is 0 Å². The van der Waals surface area contributed by atoms with Crippen LogP contribution in [-0.2, 0) is 11.2 Å². The number of hydrogen-bond acceptors (Lipinski definition) is 5. The molecule has 0 aromatic heterocycles. The van der Waals surface area contributed by atoms with E-state index in [9.17, 15) is 4.79 Å². The minimum atomic E-state index is -0.297. The number of carbonyl (C=O) groups excluding carboxylic acids is 1. The van der Waals surface area contributed by atoms with Gasteiger partial charge in [0, 0.05) is 17.7 Å². The minimum absolute atomic E-state index is 0.0368. The summed E-state index contributed by atoms with van der Waals surface area (Å²) >= 11 is 0. The number of fused-ring (bicyclic) bond motifs is 1. The Morgan fingerprint density at radius 2 is 1.62 bits per heavy atom. The molecular formula is C32H36N2O3. The number of hydrogen-bond donors (Lipinski definition) is 2. The standard InChI is InChI=1S/C32H36N2O3/c1-5-21-11-13-22(14-12-21)24-17-27-31(28(35)18-24)32(34-26-10-8-7-9-25(26)33-27)23-15-16-29(37-20(3)4)30(19-23)36-6-2/h7-16,19-20,24,32-34H,5-6,17-18H2,1-4H3. The number of aryl methyl sites for hydroxylation is 1. The molecule has 0 saturated carbocycles. The zero-order valence-electron chi connectivity index (χ0n) is 22.1. The van der Waals surface area contributed by atoms with E-state index in [1.165, 1.54) is 11.1 Å². The first-order valence-electron chi connectivity index (χ1n) is 13.4. The molecule has 1 aliphatic carbocycles. The third kappa shape index (κ3) is 5.22. The first-order valence-corrected chi connectivity index (χ1v) is 13.4. The Hall–Kier alpha value is -3.73. The van der Waals surface area contributed by atoms with Gasteiger partial charge in [-0.2, -0.15) is 0 Å². The van der Waals surface area contributed by atoms with Crippen LogP contribution in [0.5, 0.6) is 11.5 Å². The highest BCUT2D eigenvalue weighted by Crippen LogP contribution is 2.45. The molecule has 0 saturated heterocycles. The molecule has 0 bridgehead atoms. The minimum Gasteiger partial charge on any atom is -0.490 e. The second-order valence-electron chi connectivity index (χ2n) is 10.1. The summed E-state index contributed by atoms with van der Waals surface area (Å²) in [6.07, 6.45) is 2.32. The average Bonchev–Trinajstić information content (AvgIpc) is 3.06. The highest BCUT2D eigenvalue weighted by Gasteiger charge is 2.36. The number of para-hydroxylation sites is 2. The van der Waals surface area contributed by atoms with Gasteiger partial charge < -0.3 is 20.1 Å². The number of allylic oxidation sites excluding steroid dienone is 1. The van der Waals surface area contributed by atoms with Crippen LogP contribution in [0, 0.1) is 0 Å². The van der Waals surface area contributed by atoms with Crippen molar-refractivity contribution in [1.82, 2.24) is 0 Å². The van der Waals surface area contributed by atoms with Gasteiger partial charge in [0.15, 0.2) is 17.3 Å². The molecule has 1 aliphatic heterocycles. The molecule has 2 atom stereocenters. The first-order chi connectivity index (χ1) is 18.0. The van der Waals surface area contributed by atoms with Gasteiger partial charge in [0.2, 0.25) is 0 Å². The fraction of sp³-hybridized carbons (Fsp3) is 0.344. The van der Waals surface area contributed by atoms with Crippen LogP contribution >= 0.6 is 0 Å². The van der Waals surface area contributed by atoms with Crippen molar-refractivity contribution in [2.75, 3.05) is 17.2 Å². The second kappa shape index (κ2) is 10.7. The number of Topliss-reactive ketones (excluding diaryl/α,β-unsaturated/α-hetero) is 1. The summed E-state index contributed by atoms with van der Waals surface area (Å²) in [5, 5.41) is 7.30. The Kier molecular flexibility index (Phi) is 7.22. The number of ketones is 1. The van der Waals surface area contributed by atoms with Crippen molar-refractivity contribution in [3.63, 3.8) is 0 Å². The number of benzene rings is 3. The zero-order chi connectivity index (χ0) is 25.9. The number of nitrogens with one attached hydrogen (secondary N) is 2. The monoisotopic (exact) mass is 496 g/mol. The summed E-state index contributed by atoms with van der Waals surface area (Å²) in [5.41, 5.74) is 7.25. The van der Waals surface area contributed by atoms with Crippen molar-refractivity contribution < 1.29 is 14.3 Å². The van der Waals surface area contributed by atoms with Crippen LogP contribution in [0.4, 0.5) is 11.4 Å². The van der Waals surface area contributed by atoms with Gasteiger partial charge in [-0.1, -0.05) is 49.4 Å². The van der Waals surface area contributed by atoms with Crippen molar-refractivity contribution >= 4 is 17.2 Å². The lowest BCUT2D eigenvalue weighted by atomic mass is 9.78. The highest BCUT2D eigenvalue weighted by atomic mass is 16.5. The van der Waals surface area contributed by atoms with E-state index < -0.39 is 0 Å². The zero-order valence-corrected chi connectivity index (χ0v) is 22.1. The smallest absolute Gasteiger partial charge is 0.163 e. The number of carbonyl (C=O) groups is 1. The van der Waals surface area contributed by atoms with Crippen LogP contribution < -0.4 is 20.1 Å². The van der Waals surface area contributed by atoms with E-state index in [1.807, 2.05) is 51.1 Å². The van der Waals surface area contributed by atoms with Crippen LogP contribution in [-0.4, -0.2) is 18.5 Å². The Morgan fingerprint density at radius 1 is 0.892 bits per heavy atom. The molecule has 1 heterocycles. The SMILES string of the molecule is CCOc1cc(C2Nc3ccccc3NC3=C2C(=O)CC(c2ccc(CC)cc2)C3)ccc1OC(C)C. The van der Waals surface area contributed by atoms with Crippen LogP contribution in [0.25, 0.3) is 0 Å². The van der Waals surface area contributed by atoms with E-state index in [0.29, 0.717) is 24.5 Å². The molecule has 5 heteroatoms. The predicted octanol–water partition coefficient (Wildman–Crippen LogP) is 7.41. The summed E-state index contributed by atoms with van der Waals surface area (Å²) in [4.78, 5) is 13.9. The van der Waals surface area contributed by atoms with Crippen molar-refractivity contribution in [1.29, 1.82) is 0 Å². The van der Waals surface area contributed by atoms with Gasteiger partial charge >= 0.3 is 0 Å². The predicted molar refractivity (Wildman–Crippen MR) is 150 cm³/mol. The molecule has 0 spiro atoms. The Balaban J connectivity index is 1.57. The Labute approximate surface area is 219 Å². The van der Waals surface area contributed by atoms with Gasteiger partial charge in [-0.3, -0.25) is 4.79 Å². The summed E-state index contributed by atoms with van der Waals surface area (Å²) in [5.74, 6) is 1.73. The fourth-order valence-corrected chi connectivity index (χ4v) is 5.33. The summed E-state index contributed by atoms with van der Waals surface area (Å²) in [7, 11) is 0. The molecule has 2 N–H and O–H groups in total. The normalized spacial score (nSPS) is 18.9. The van der Waals surface area contributed by atoms with Crippen LogP contribution in [0.1, 0.15) is 69.2 Å². The summed E-state index contributed by atoms with van der Waals surface area (Å²) < 4.78 is 11.9. The van der Waals surface area contributed by atoms with Crippen LogP contribution in [0.15, 0.2) is 78.0 Å². The molecule has 5 rings (SSSR count). The maximum absolute atomic E-state index is 13.9. The fourth-order valence-electron chi connectivity index (χ4n) is 5.33. The van der Waals surface area contributed by atoms with Gasteiger partial charge in [-0.05, 0) is 80.5 Å². The third-order valence-corrected chi connectivity index (χ3v) is 7.13. The van der Waals surface area contributed by atoms with Gasteiger partial charge in [-0.15, -0.1) is 0 Å². The molecule has 2 aliphatic rings. The summed E-state index contributed by atoms with van der Waals surface area (Å²) in [6.45, 7) is 8.67. The van der Waals surface area contributed by atoms with Gasteiger partial charge in [0.05, 0.1) is 30.1 Å². The largest absolute Gasteiger partial charge is 0.490 e. The number of rotatable bonds is 7. The van der Waals surface area contributed by atoms with Gasteiger partial charge in [0.1, 0.15) is 0 Å². The van der Waals surface area contributed by atoms with E-state index in [4.69, 9.17) is 9.47 Å². The molecule has 0 radical (unpaired) electrons. The topological polar surface area (TPSA) is 59.6 Å². The Bertz CT molecular complexity index is 1310. The van der Waals surface area contributed by atoms with Gasteiger partial charge in [0.25, 0.3) is 0 Å². The molecule has 3 aromatic carbocycles. The van der Waals surface area contributed by atoms with E-state index in [2.05, 4.69) is 54.0 Å². The Morgan fingerprint density at radius 3 is 2.32 bits per heavy atom. The molecule has 3 aromatic rings. The first kappa shape index (κ1) is 24.9. The van der Waals surface area contributed by atoms with Crippen molar-refractivity contribution in [2.45, 2.75) is 65.0 Å². The molecule has 0 fully saturated rings.